The second-order valence-corrected chi connectivity index (χ2v) is 6.38. The molecule has 0 aromatic heterocycles. The topological polar surface area (TPSA) is 47.3 Å². The first-order valence-corrected chi connectivity index (χ1v) is 8.16. The molecule has 1 heterocycles. The fourth-order valence-corrected chi connectivity index (χ4v) is 3.28. The third kappa shape index (κ3) is 3.61. The highest BCUT2D eigenvalue weighted by molar-refractivity contribution is 5.70. The Labute approximate surface area is 137 Å². The van der Waals surface area contributed by atoms with E-state index >= 15 is 0 Å². The lowest BCUT2D eigenvalue weighted by Gasteiger charge is -2.17. The van der Waals surface area contributed by atoms with Gasteiger partial charge in [0.25, 0.3) is 0 Å². The number of nitrogens with zero attached hydrogens (tertiary/aromatic N) is 2. The van der Waals surface area contributed by atoms with E-state index in [0.717, 1.165) is 37.2 Å². The van der Waals surface area contributed by atoms with E-state index < -0.39 is 0 Å². The Kier molecular flexibility index (Phi) is 4.76. The van der Waals surface area contributed by atoms with Crippen molar-refractivity contribution in [3.05, 3.63) is 59.7 Å². The van der Waals surface area contributed by atoms with Gasteiger partial charge in [-0.1, -0.05) is 42.5 Å². The summed E-state index contributed by atoms with van der Waals surface area (Å²) in [6.45, 7) is 4.82. The lowest BCUT2D eigenvalue weighted by Crippen LogP contribution is -2.23. The Balaban J connectivity index is 1.70. The first-order chi connectivity index (χ1) is 11.2. The first kappa shape index (κ1) is 15.7. The van der Waals surface area contributed by atoms with E-state index in [-0.39, 0.29) is 6.10 Å². The number of hydrogen-bond donors (Lipinski definition) is 1. The molecule has 0 amide bonds. The number of aliphatic hydroxyl groups is 1. The van der Waals surface area contributed by atoms with Crippen molar-refractivity contribution in [2.75, 3.05) is 13.1 Å². The van der Waals surface area contributed by atoms with Gasteiger partial charge in [-0.2, -0.15) is 5.26 Å². The van der Waals surface area contributed by atoms with E-state index in [9.17, 15) is 10.4 Å². The molecule has 3 nitrogen and oxygen atoms in total. The van der Waals surface area contributed by atoms with Crippen LogP contribution < -0.4 is 0 Å². The van der Waals surface area contributed by atoms with Crippen molar-refractivity contribution < 1.29 is 5.11 Å². The number of likely N-dealkylation sites (tertiary alicyclic amines) is 1. The van der Waals surface area contributed by atoms with Gasteiger partial charge in [0.2, 0.25) is 0 Å². The van der Waals surface area contributed by atoms with Crippen LogP contribution in [0.3, 0.4) is 0 Å². The highest BCUT2D eigenvalue weighted by Crippen LogP contribution is 2.25. The lowest BCUT2D eigenvalue weighted by atomic mass is 9.99. The molecular weight excluding hydrogens is 284 g/mol. The smallest absolute Gasteiger partial charge is 0.0998 e. The minimum Gasteiger partial charge on any atom is -0.393 e. The molecule has 1 aliphatic heterocycles. The van der Waals surface area contributed by atoms with E-state index in [0.29, 0.717) is 11.5 Å². The minimum absolute atomic E-state index is 0.218. The van der Waals surface area contributed by atoms with Crippen LogP contribution in [0.4, 0.5) is 0 Å². The SMILES string of the molecule is CC(O)C1CCN(Cc2ccc(-c3ccccc3C#N)cc2)C1. The van der Waals surface area contributed by atoms with Crippen LogP contribution >= 0.6 is 0 Å². The van der Waals surface area contributed by atoms with Gasteiger partial charge in [-0.25, -0.2) is 0 Å². The van der Waals surface area contributed by atoms with Crippen LogP contribution in [0.2, 0.25) is 0 Å². The first-order valence-electron chi connectivity index (χ1n) is 8.16. The van der Waals surface area contributed by atoms with Gasteiger partial charge in [0, 0.05) is 13.1 Å². The van der Waals surface area contributed by atoms with Gasteiger partial charge in [0.1, 0.15) is 0 Å². The predicted molar refractivity (Wildman–Crippen MR) is 91.7 cm³/mol. The molecule has 3 rings (SSSR count). The van der Waals surface area contributed by atoms with Gasteiger partial charge in [0.15, 0.2) is 0 Å². The summed E-state index contributed by atoms with van der Waals surface area (Å²) in [5, 5.41) is 18.9. The van der Waals surface area contributed by atoms with Crippen LogP contribution in [-0.2, 0) is 6.54 Å². The van der Waals surface area contributed by atoms with Gasteiger partial charge in [-0.15, -0.1) is 0 Å². The maximum atomic E-state index is 9.69. The van der Waals surface area contributed by atoms with E-state index in [1.165, 1.54) is 5.56 Å². The Hall–Kier alpha value is -2.15. The standard InChI is InChI=1S/C20H22N2O/c1-15(23)19-10-11-22(14-19)13-16-6-8-17(9-7-16)20-5-3-2-4-18(20)12-21/h2-9,15,19,23H,10-11,13-14H2,1H3. The molecule has 0 saturated carbocycles. The van der Waals surface area contributed by atoms with Gasteiger partial charge < -0.3 is 5.11 Å². The monoisotopic (exact) mass is 306 g/mol. The maximum Gasteiger partial charge on any atom is 0.0998 e. The van der Waals surface area contributed by atoms with Crippen molar-refractivity contribution in [3.8, 4) is 17.2 Å². The summed E-state index contributed by atoms with van der Waals surface area (Å²) in [5.74, 6) is 0.400. The molecule has 2 aromatic rings. The van der Waals surface area contributed by atoms with Crippen LogP contribution in [0.15, 0.2) is 48.5 Å². The zero-order valence-electron chi connectivity index (χ0n) is 13.4. The zero-order valence-corrected chi connectivity index (χ0v) is 13.4. The van der Waals surface area contributed by atoms with Gasteiger partial charge in [0.05, 0.1) is 17.7 Å². The number of rotatable bonds is 4. The van der Waals surface area contributed by atoms with Crippen molar-refractivity contribution in [1.29, 1.82) is 5.26 Å². The Morgan fingerprint density at radius 3 is 2.61 bits per heavy atom. The summed E-state index contributed by atoms with van der Waals surface area (Å²) in [6, 6.07) is 18.4. The number of aliphatic hydroxyl groups excluding tert-OH is 1. The molecular formula is C20H22N2O. The van der Waals surface area contributed by atoms with E-state index in [1.54, 1.807) is 0 Å². The average molecular weight is 306 g/mol. The molecule has 2 atom stereocenters. The van der Waals surface area contributed by atoms with E-state index in [2.05, 4.69) is 35.2 Å². The molecule has 0 radical (unpaired) electrons. The summed E-state index contributed by atoms with van der Waals surface area (Å²) in [6.07, 6.45) is 0.857. The molecule has 0 aliphatic carbocycles. The fourth-order valence-electron chi connectivity index (χ4n) is 3.28. The molecule has 0 spiro atoms. The van der Waals surface area contributed by atoms with Gasteiger partial charge in [-0.3, -0.25) is 4.90 Å². The molecule has 23 heavy (non-hydrogen) atoms. The molecule has 1 saturated heterocycles. The summed E-state index contributed by atoms with van der Waals surface area (Å²) in [4.78, 5) is 2.40. The third-order valence-electron chi connectivity index (χ3n) is 4.71. The highest BCUT2D eigenvalue weighted by atomic mass is 16.3. The predicted octanol–water partition coefficient (Wildman–Crippen LogP) is 3.43. The normalized spacial score (nSPS) is 19.4. The third-order valence-corrected chi connectivity index (χ3v) is 4.71. The van der Waals surface area contributed by atoms with Crippen LogP contribution in [0, 0.1) is 17.2 Å². The number of benzene rings is 2. The molecule has 1 fully saturated rings. The maximum absolute atomic E-state index is 9.69. The van der Waals surface area contributed by atoms with Crippen LogP contribution in [0.1, 0.15) is 24.5 Å². The summed E-state index contributed by atoms with van der Waals surface area (Å²) in [7, 11) is 0. The second-order valence-electron chi connectivity index (χ2n) is 6.38. The van der Waals surface area contributed by atoms with Crippen molar-refractivity contribution in [3.63, 3.8) is 0 Å². The Bertz CT molecular complexity index is 700. The van der Waals surface area contributed by atoms with Crippen LogP contribution in [0.25, 0.3) is 11.1 Å². The van der Waals surface area contributed by atoms with Crippen LogP contribution in [0.5, 0.6) is 0 Å². The number of nitriles is 1. The van der Waals surface area contributed by atoms with Crippen molar-refractivity contribution >= 4 is 0 Å². The quantitative estimate of drug-likeness (QED) is 0.941. The summed E-state index contributed by atoms with van der Waals surface area (Å²) < 4.78 is 0. The Morgan fingerprint density at radius 2 is 1.96 bits per heavy atom. The molecule has 2 aromatic carbocycles. The average Bonchev–Trinajstić information content (AvgIpc) is 3.04. The van der Waals surface area contributed by atoms with Crippen molar-refractivity contribution in [2.24, 2.45) is 5.92 Å². The summed E-state index contributed by atoms with van der Waals surface area (Å²) in [5.41, 5.74) is 4.04. The highest BCUT2D eigenvalue weighted by Gasteiger charge is 2.25. The molecule has 118 valence electrons. The Morgan fingerprint density at radius 1 is 1.22 bits per heavy atom. The fraction of sp³-hybridized carbons (Fsp3) is 0.350. The van der Waals surface area contributed by atoms with Crippen molar-refractivity contribution in [1.82, 2.24) is 4.90 Å². The lowest BCUT2D eigenvalue weighted by molar-refractivity contribution is 0.127. The largest absolute Gasteiger partial charge is 0.393 e. The summed E-state index contributed by atoms with van der Waals surface area (Å²) >= 11 is 0. The van der Waals surface area contributed by atoms with E-state index in [1.807, 2.05) is 31.2 Å². The van der Waals surface area contributed by atoms with Gasteiger partial charge in [-0.05, 0) is 48.6 Å². The van der Waals surface area contributed by atoms with Crippen molar-refractivity contribution in [2.45, 2.75) is 26.0 Å². The zero-order chi connectivity index (χ0) is 16.2. The molecule has 1 aliphatic rings. The van der Waals surface area contributed by atoms with E-state index in [4.69, 9.17) is 0 Å². The molecule has 3 heteroatoms. The minimum atomic E-state index is -0.218. The van der Waals surface area contributed by atoms with Gasteiger partial charge >= 0.3 is 0 Å². The molecule has 0 bridgehead atoms. The second kappa shape index (κ2) is 6.95. The number of hydrogen-bond acceptors (Lipinski definition) is 3. The van der Waals surface area contributed by atoms with Crippen LogP contribution in [-0.4, -0.2) is 29.2 Å². The molecule has 1 N–H and O–H groups in total. The molecule has 2 unspecified atom stereocenters.